The molecule has 0 bridgehead atoms. The first-order chi connectivity index (χ1) is 10.8. The Morgan fingerprint density at radius 3 is 0.600 bits per heavy atom. The van der Waals surface area contributed by atoms with Crippen molar-refractivity contribution in [3.8, 4) is 0 Å². The van der Waals surface area contributed by atoms with Gasteiger partial charge in [0.15, 0.2) is 0 Å². The molecule has 25 heavy (non-hydrogen) atoms. The fraction of sp³-hybridized carbons (Fsp3) is 1.00. The average Bonchev–Trinajstić information content (AvgIpc) is 2.24. The largest absolute Gasteiger partial charge is 0.563 e. The first-order valence-corrected chi connectivity index (χ1v) is 11.5. The Balaban J connectivity index is -0.0000000727. The molecular formula is CH2Cl2O15P6U. The zero-order valence-electron chi connectivity index (χ0n) is 10.8. The molecule has 0 saturated heterocycles. The molecule has 0 aromatic heterocycles. The quantitative estimate of drug-likeness (QED) is 0.222. The van der Waals surface area contributed by atoms with Gasteiger partial charge in [-0.2, -0.15) is 0 Å². The minimum atomic E-state index is -3.24. The van der Waals surface area contributed by atoms with E-state index in [0.29, 0.717) is 0 Å². The van der Waals surface area contributed by atoms with Gasteiger partial charge >= 0.3 is 49.5 Å². The van der Waals surface area contributed by atoms with Gasteiger partial charge in [-0.1, -0.05) is 0 Å². The summed E-state index contributed by atoms with van der Waals surface area (Å²) >= 11 is 9.53. The van der Waals surface area contributed by atoms with E-state index in [1.54, 1.807) is 0 Å². The van der Waals surface area contributed by atoms with Crippen molar-refractivity contribution in [3.05, 3.63) is 0 Å². The van der Waals surface area contributed by atoms with Gasteiger partial charge in [0.2, 0.25) is 0 Å². The predicted molar refractivity (Wildman–Crippen MR) is 65.5 cm³/mol. The molecule has 0 rings (SSSR count). The molecule has 0 N–H and O–H groups in total. The van der Waals surface area contributed by atoms with E-state index < -0.39 is 49.5 Å². The molecule has 0 aromatic rings. The van der Waals surface area contributed by atoms with Crippen molar-refractivity contribution < 1.29 is 101 Å². The van der Waals surface area contributed by atoms with Gasteiger partial charge < -0.3 is 29.4 Å². The van der Waals surface area contributed by atoms with Crippen molar-refractivity contribution in [2.75, 3.05) is 5.34 Å². The minimum absolute atomic E-state index is 0. The normalized spacial score (nSPS) is 12.0. The van der Waals surface area contributed by atoms with Crippen LogP contribution < -0.4 is 29.4 Å². The summed E-state index contributed by atoms with van der Waals surface area (Å²) in [7, 11) is -19.4. The first-order valence-electron chi connectivity index (χ1n) is 3.82. The number of halogens is 2. The third kappa shape index (κ3) is 76.6. The van der Waals surface area contributed by atoms with Gasteiger partial charge in [-0.15, -0.1) is 23.2 Å². The first kappa shape index (κ1) is 37.6. The summed E-state index contributed by atoms with van der Waals surface area (Å²) in [5.74, 6) is 0. The van der Waals surface area contributed by atoms with Crippen molar-refractivity contribution >= 4 is 72.7 Å². The molecule has 0 amide bonds. The van der Waals surface area contributed by atoms with Crippen LogP contribution in [0.5, 0.6) is 0 Å². The molecule has 15 nitrogen and oxygen atoms in total. The summed E-state index contributed by atoms with van der Waals surface area (Å²) in [6.07, 6.45) is 0. The molecule has 0 aromatic carbocycles. The summed E-state index contributed by atoms with van der Waals surface area (Å²) in [5, 5.41) is 0.194. The zero-order chi connectivity index (χ0) is 20.3. The van der Waals surface area contributed by atoms with Gasteiger partial charge in [-0.05, 0) is 27.4 Å². The van der Waals surface area contributed by atoms with Gasteiger partial charge in [-0.3, -0.25) is 0 Å². The number of hydrogen-bond donors (Lipinski definition) is 0. The molecule has 24 heteroatoms. The van der Waals surface area contributed by atoms with Crippen LogP contribution in [0.1, 0.15) is 0 Å². The van der Waals surface area contributed by atoms with Gasteiger partial charge in [0.1, 0.15) is 12.9 Å². The second kappa shape index (κ2) is 28.1. The predicted octanol–water partition coefficient (Wildman–Crippen LogP) is -1.46. The SMILES string of the molecule is ClCCl.O=[P+]([O-])O[P+](=O)[O-].O=[P+]([O-])O[P+](=O)[O-].O=[P+]([O-])O[P+](=O)[O-].[U]. The molecule has 0 radical (unpaired) electrons. The Labute approximate surface area is 178 Å². The van der Waals surface area contributed by atoms with E-state index in [9.17, 15) is 56.8 Å². The molecule has 0 spiro atoms. The van der Waals surface area contributed by atoms with Crippen molar-refractivity contribution in [3.63, 3.8) is 0 Å². The van der Waals surface area contributed by atoms with Crippen LogP contribution >= 0.6 is 72.7 Å². The van der Waals surface area contributed by atoms with Gasteiger partial charge in [0, 0.05) is 31.1 Å². The molecule has 144 valence electrons. The van der Waals surface area contributed by atoms with E-state index in [1.165, 1.54) is 0 Å². The molecule has 0 aliphatic heterocycles. The standard InChI is InChI=1S/CH2Cl2.3O5P2.U/c2-1-3;3*1-6(2)5-7(3)4;/h1H2;;;;. The molecule has 6 atom stereocenters. The van der Waals surface area contributed by atoms with Gasteiger partial charge in [-0.25, -0.2) is 0 Å². The van der Waals surface area contributed by atoms with E-state index in [2.05, 4.69) is 12.9 Å². The molecule has 0 aliphatic carbocycles. The summed E-state index contributed by atoms with van der Waals surface area (Å²) < 4.78 is 64.9. The molecule has 0 saturated carbocycles. The second-order valence-electron chi connectivity index (χ2n) is 1.69. The molecule has 0 aliphatic rings. The third-order valence-corrected chi connectivity index (χ3v) is 3.60. The van der Waals surface area contributed by atoms with Crippen LogP contribution in [-0.4, -0.2) is 5.34 Å². The average molecular weight is 749 g/mol. The zero-order valence-corrected chi connectivity index (χ0v) is 21.8. The van der Waals surface area contributed by atoms with Crippen molar-refractivity contribution in [2.45, 2.75) is 0 Å². The molecule has 0 heterocycles. The van der Waals surface area contributed by atoms with Crippen LogP contribution in [0, 0.1) is 31.1 Å². The summed E-state index contributed by atoms with van der Waals surface area (Å²) in [5.41, 5.74) is 0. The van der Waals surface area contributed by atoms with E-state index in [1.807, 2.05) is 0 Å². The fourth-order valence-electron chi connectivity index (χ4n) is 0.163. The topological polar surface area (TPSA) is 268 Å². The maximum absolute atomic E-state index is 9.24. The van der Waals surface area contributed by atoms with Crippen molar-refractivity contribution in [2.24, 2.45) is 0 Å². The molecule has 0 fully saturated rings. The van der Waals surface area contributed by atoms with Gasteiger partial charge in [0.25, 0.3) is 0 Å². The Morgan fingerprint density at radius 1 is 0.520 bits per heavy atom. The Hall–Kier alpha value is 1.87. The van der Waals surface area contributed by atoms with Crippen LogP contribution in [0.3, 0.4) is 0 Å². The summed E-state index contributed by atoms with van der Waals surface area (Å²) in [6.45, 7) is 0. The van der Waals surface area contributed by atoms with E-state index in [4.69, 9.17) is 23.2 Å². The Kier molecular flexibility index (Phi) is 42.2. The summed E-state index contributed by atoms with van der Waals surface area (Å²) in [4.78, 5) is 55.4. The van der Waals surface area contributed by atoms with Crippen LogP contribution in [-0.2, 0) is 40.3 Å². The van der Waals surface area contributed by atoms with Crippen molar-refractivity contribution in [1.29, 1.82) is 0 Å². The maximum atomic E-state index is 9.24. The number of hydrogen-bond acceptors (Lipinski definition) is 15. The molecular weight excluding hydrogens is 747 g/mol. The van der Waals surface area contributed by atoms with Crippen LogP contribution in [0.15, 0.2) is 0 Å². The smallest absolute Gasteiger partial charge is 0.543 e. The third-order valence-electron chi connectivity index (χ3n) is 0.400. The Morgan fingerprint density at radius 2 is 0.600 bits per heavy atom. The van der Waals surface area contributed by atoms with Crippen molar-refractivity contribution in [1.82, 2.24) is 0 Å². The van der Waals surface area contributed by atoms with E-state index >= 15 is 0 Å². The minimum Gasteiger partial charge on any atom is -0.563 e. The van der Waals surface area contributed by atoms with Gasteiger partial charge in [0.05, 0.1) is 5.34 Å². The van der Waals surface area contributed by atoms with E-state index in [-0.39, 0.29) is 36.5 Å². The van der Waals surface area contributed by atoms with Crippen LogP contribution in [0.4, 0.5) is 0 Å². The fourth-order valence-corrected chi connectivity index (χ4v) is 1.47. The number of rotatable bonds is 6. The monoisotopic (exact) mass is 748 g/mol. The Bertz CT molecular complexity index is 344. The maximum Gasteiger partial charge on any atom is 0.543 e. The second-order valence-corrected chi connectivity index (χ2v) is 7.14. The number of alkyl halides is 2. The van der Waals surface area contributed by atoms with Crippen LogP contribution in [0.2, 0.25) is 0 Å². The summed E-state index contributed by atoms with van der Waals surface area (Å²) in [6, 6.07) is 0. The molecule has 6 unspecified atom stereocenters. The van der Waals surface area contributed by atoms with E-state index in [0.717, 1.165) is 0 Å². The van der Waals surface area contributed by atoms with Crippen LogP contribution in [0.25, 0.3) is 0 Å².